The third kappa shape index (κ3) is 4.33. The van der Waals surface area contributed by atoms with Crippen LogP contribution in [0.25, 0.3) is 0 Å². The summed E-state index contributed by atoms with van der Waals surface area (Å²) in [4.78, 5) is 22.7. The molecule has 0 aliphatic heterocycles. The van der Waals surface area contributed by atoms with Crippen molar-refractivity contribution in [1.82, 2.24) is 10.6 Å². The van der Waals surface area contributed by atoms with E-state index in [1.165, 1.54) is 14.2 Å². The minimum atomic E-state index is -0.623. The Morgan fingerprint density at radius 1 is 1.37 bits per heavy atom. The van der Waals surface area contributed by atoms with Crippen molar-refractivity contribution < 1.29 is 14.3 Å². The van der Waals surface area contributed by atoms with Crippen LogP contribution in [0.1, 0.15) is 6.92 Å². The molecule has 0 bridgehead atoms. The molecule has 0 aliphatic rings. The third-order valence-corrected chi connectivity index (χ3v) is 2.73. The van der Waals surface area contributed by atoms with E-state index in [-0.39, 0.29) is 0 Å². The lowest BCUT2D eigenvalue weighted by molar-refractivity contribution is -0.120. The van der Waals surface area contributed by atoms with Gasteiger partial charge >= 0.3 is 6.03 Å². The molecule has 1 aromatic rings. The number of hydrogen-bond acceptors (Lipinski definition) is 4. The predicted octanol–water partition coefficient (Wildman–Crippen LogP) is 1.60. The fourth-order valence-corrected chi connectivity index (χ4v) is 1.50. The van der Waals surface area contributed by atoms with Gasteiger partial charge in [0.05, 0.1) is 17.8 Å². The van der Waals surface area contributed by atoms with Crippen molar-refractivity contribution >= 4 is 29.2 Å². The number of hydrogen-bond donors (Lipinski definition) is 3. The van der Waals surface area contributed by atoms with Crippen LogP contribution in [0, 0.1) is 0 Å². The summed E-state index contributed by atoms with van der Waals surface area (Å²) in [6.45, 7) is 1.62. The summed E-state index contributed by atoms with van der Waals surface area (Å²) in [5, 5.41) is 7.84. The molecule has 0 aliphatic carbocycles. The molecule has 7 heteroatoms. The molecule has 1 rings (SSSR count). The van der Waals surface area contributed by atoms with E-state index < -0.39 is 18.0 Å². The molecule has 0 fully saturated rings. The molecular weight excluding hydrogens is 270 g/mol. The first-order valence-corrected chi connectivity index (χ1v) is 5.98. The molecule has 6 nitrogen and oxygen atoms in total. The van der Waals surface area contributed by atoms with E-state index >= 15 is 0 Å². The Kier molecular flexibility index (Phi) is 5.44. The number of rotatable bonds is 4. The molecule has 3 N–H and O–H groups in total. The number of ether oxygens (including phenoxy) is 1. The molecule has 0 aromatic heterocycles. The second-order valence-corrected chi connectivity index (χ2v) is 4.19. The average Bonchev–Trinajstić information content (AvgIpc) is 2.40. The summed E-state index contributed by atoms with van der Waals surface area (Å²) >= 11 is 6.01. The summed E-state index contributed by atoms with van der Waals surface area (Å²) in [5.41, 5.74) is 0.556. The average molecular weight is 286 g/mol. The molecule has 1 atom stereocenters. The predicted molar refractivity (Wildman–Crippen MR) is 73.7 cm³/mol. The standard InChI is InChI=1S/C12H16ClN3O3/c1-7(11(17)16-12(18)14-2)15-10-6-8(19-3)4-5-9(10)13/h4-7,15H,1-3H3,(H2,14,16,17,18). The Hall–Kier alpha value is -1.95. The van der Waals surface area contributed by atoms with Gasteiger partial charge in [-0.3, -0.25) is 10.1 Å². The Labute approximate surface area is 116 Å². The highest BCUT2D eigenvalue weighted by molar-refractivity contribution is 6.33. The zero-order chi connectivity index (χ0) is 14.4. The van der Waals surface area contributed by atoms with Gasteiger partial charge in [0.15, 0.2) is 0 Å². The SMILES string of the molecule is CNC(=O)NC(=O)C(C)Nc1cc(OC)ccc1Cl. The van der Waals surface area contributed by atoms with E-state index in [1.54, 1.807) is 25.1 Å². The number of benzene rings is 1. The molecule has 0 heterocycles. The van der Waals surface area contributed by atoms with Gasteiger partial charge in [0.2, 0.25) is 5.91 Å². The first-order valence-electron chi connectivity index (χ1n) is 5.60. The number of carbonyl (C=O) groups is 2. The number of imide groups is 1. The van der Waals surface area contributed by atoms with E-state index in [0.717, 1.165) is 0 Å². The van der Waals surface area contributed by atoms with Crippen LogP contribution in [-0.4, -0.2) is 32.1 Å². The Bertz CT molecular complexity index is 479. The zero-order valence-corrected chi connectivity index (χ0v) is 11.7. The van der Waals surface area contributed by atoms with Crippen molar-refractivity contribution in [1.29, 1.82) is 0 Å². The summed E-state index contributed by atoms with van der Waals surface area (Å²) in [7, 11) is 2.97. The van der Waals surface area contributed by atoms with Crippen molar-refractivity contribution in [2.45, 2.75) is 13.0 Å². The summed E-state index contributed by atoms with van der Waals surface area (Å²) in [5.74, 6) is 0.157. The molecule has 1 unspecified atom stereocenters. The van der Waals surface area contributed by atoms with Crippen LogP contribution in [0.3, 0.4) is 0 Å². The third-order valence-electron chi connectivity index (χ3n) is 2.40. The van der Waals surface area contributed by atoms with Gasteiger partial charge < -0.3 is 15.4 Å². The molecular formula is C12H16ClN3O3. The minimum Gasteiger partial charge on any atom is -0.497 e. The van der Waals surface area contributed by atoms with E-state index in [2.05, 4.69) is 16.0 Å². The first-order chi connectivity index (χ1) is 8.97. The monoisotopic (exact) mass is 285 g/mol. The number of halogens is 1. The van der Waals surface area contributed by atoms with Gasteiger partial charge in [-0.2, -0.15) is 0 Å². The maximum atomic E-state index is 11.7. The quantitative estimate of drug-likeness (QED) is 0.785. The lowest BCUT2D eigenvalue weighted by Gasteiger charge is -2.16. The van der Waals surface area contributed by atoms with Gasteiger partial charge in [-0.25, -0.2) is 4.79 Å². The highest BCUT2D eigenvalue weighted by atomic mass is 35.5. The number of amides is 3. The summed E-state index contributed by atoms with van der Waals surface area (Å²) in [6, 6.07) is 3.86. The van der Waals surface area contributed by atoms with Crippen molar-refractivity contribution in [3.05, 3.63) is 23.2 Å². The Balaban J connectivity index is 2.73. The first kappa shape index (κ1) is 15.1. The molecule has 19 heavy (non-hydrogen) atoms. The lowest BCUT2D eigenvalue weighted by Crippen LogP contribution is -2.44. The van der Waals surface area contributed by atoms with Crippen LogP contribution in [-0.2, 0) is 4.79 Å². The second-order valence-electron chi connectivity index (χ2n) is 3.78. The fourth-order valence-electron chi connectivity index (χ4n) is 1.32. The van der Waals surface area contributed by atoms with Crippen molar-refractivity contribution in [2.24, 2.45) is 0 Å². The maximum absolute atomic E-state index is 11.7. The molecule has 1 aromatic carbocycles. The minimum absolute atomic E-state index is 0.459. The van der Waals surface area contributed by atoms with E-state index in [4.69, 9.17) is 16.3 Å². The van der Waals surface area contributed by atoms with E-state index in [1.807, 2.05) is 0 Å². The molecule has 0 radical (unpaired) electrons. The van der Waals surface area contributed by atoms with Crippen molar-refractivity contribution in [3.8, 4) is 5.75 Å². The largest absolute Gasteiger partial charge is 0.497 e. The number of nitrogens with one attached hydrogen (secondary N) is 3. The highest BCUT2D eigenvalue weighted by Gasteiger charge is 2.16. The molecule has 0 saturated carbocycles. The Morgan fingerprint density at radius 3 is 2.63 bits per heavy atom. The maximum Gasteiger partial charge on any atom is 0.321 e. The fraction of sp³-hybridized carbons (Fsp3) is 0.333. The number of urea groups is 1. The normalized spacial score (nSPS) is 11.4. The van der Waals surface area contributed by atoms with Gasteiger partial charge in [-0.15, -0.1) is 0 Å². The zero-order valence-electron chi connectivity index (χ0n) is 10.9. The van der Waals surface area contributed by atoms with Gasteiger partial charge in [0, 0.05) is 13.1 Å². The summed E-state index contributed by atoms with van der Waals surface area (Å²) in [6.07, 6.45) is 0. The van der Waals surface area contributed by atoms with Gasteiger partial charge in [0.1, 0.15) is 11.8 Å². The molecule has 0 spiro atoms. The molecule has 104 valence electrons. The second kappa shape index (κ2) is 6.84. The topological polar surface area (TPSA) is 79.5 Å². The number of carbonyl (C=O) groups excluding carboxylic acids is 2. The van der Waals surface area contributed by atoms with Crippen LogP contribution in [0.2, 0.25) is 5.02 Å². The van der Waals surface area contributed by atoms with E-state index in [0.29, 0.717) is 16.5 Å². The van der Waals surface area contributed by atoms with Crippen molar-refractivity contribution in [3.63, 3.8) is 0 Å². The molecule has 0 saturated heterocycles. The van der Waals surface area contributed by atoms with Crippen LogP contribution >= 0.6 is 11.6 Å². The van der Waals surface area contributed by atoms with Gasteiger partial charge in [-0.05, 0) is 19.1 Å². The van der Waals surface area contributed by atoms with E-state index in [9.17, 15) is 9.59 Å². The summed E-state index contributed by atoms with van der Waals surface area (Å²) < 4.78 is 5.07. The Morgan fingerprint density at radius 2 is 2.05 bits per heavy atom. The smallest absolute Gasteiger partial charge is 0.321 e. The van der Waals surface area contributed by atoms with Crippen LogP contribution in [0.4, 0.5) is 10.5 Å². The number of methoxy groups -OCH3 is 1. The van der Waals surface area contributed by atoms with Gasteiger partial charge in [0.25, 0.3) is 0 Å². The number of anilines is 1. The van der Waals surface area contributed by atoms with Crippen LogP contribution in [0.15, 0.2) is 18.2 Å². The van der Waals surface area contributed by atoms with Crippen LogP contribution < -0.4 is 20.7 Å². The highest BCUT2D eigenvalue weighted by Crippen LogP contribution is 2.27. The van der Waals surface area contributed by atoms with Crippen molar-refractivity contribution in [2.75, 3.05) is 19.5 Å². The molecule has 3 amide bonds. The van der Waals surface area contributed by atoms with Gasteiger partial charge in [-0.1, -0.05) is 11.6 Å². The van der Waals surface area contributed by atoms with Crippen LogP contribution in [0.5, 0.6) is 5.75 Å². The lowest BCUT2D eigenvalue weighted by atomic mass is 10.2.